The number of hydrogen-bond donors (Lipinski definition) is 1. The van der Waals surface area contributed by atoms with Crippen LogP contribution in [0.1, 0.15) is 11.9 Å². The van der Waals surface area contributed by atoms with Crippen LogP contribution in [0.4, 0.5) is 0 Å². The second-order valence-electron chi connectivity index (χ2n) is 3.14. The number of nitrogens with one attached hydrogen (secondary N) is 1. The molecule has 0 aromatic carbocycles. The van der Waals surface area contributed by atoms with Crippen LogP contribution in [-0.4, -0.2) is 36.6 Å². The highest BCUT2D eigenvalue weighted by Crippen LogP contribution is 2.13. The molecule has 66 valence electrons. The maximum absolute atomic E-state index is 5.22. The molecule has 0 radical (unpaired) electrons. The zero-order valence-electron chi connectivity index (χ0n) is 7.16. The molecule has 1 aromatic heterocycles. The first kappa shape index (κ1) is 7.76. The van der Waals surface area contributed by atoms with Gasteiger partial charge in [0.05, 0.1) is 12.2 Å². The molecular formula is C8H13N3O. The van der Waals surface area contributed by atoms with Crippen LogP contribution in [0, 0.1) is 0 Å². The predicted molar refractivity (Wildman–Crippen MR) is 44.7 cm³/mol. The summed E-state index contributed by atoms with van der Waals surface area (Å²) in [5.41, 5.74) is 0. The Balaban J connectivity index is 2.04. The van der Waals surface area contributed by atoms with E-state index in [-0.39, 0.29) is 6.04 Å². The Morgan fingerprint density at radius 1 is 1.75 bits per heavy atom. The molecule has 1 N–H and O–H groups in total. The normalized spacial score (nSPS) is 25.9. The zero-order valence-corrected chi connectivity index (χ0v) is 7.16. The van der Waals surface area contributed by atoms with Gasteiger partial charge in [0.1, 0.15) is 6.26 Å². The maximum atomic E-state index is 5.22. The van der Waals surface area contributed by atoms with E-state index in [4.69, 9.17) is 4.42 Å². The molecule has 1 unspecified atom stereocenters. The fourth-order valence-electron chi connectivity index (χ4n) is 1.47. The summed E-state index contributed by atoms with van der Waals surface area (Å²) in [7, 11) is 2.11. The van der Waals surface area contributed by atoms with Gasteiger partial charge in [-0.05, 0) is 7.05 Å². The first-order valence-electron chi connectivity index (χ1n) is 4.17. The molecule has 0 bridgehead atoms. The third kappa shape index (κ3) is 1.49. The number of aromatic nitrogens is 1. The Morgan fingerprint density at radius 2 is 2.67 bits per heavy atom. The highest BCUT2D eigenvalue weighted by molar-refractivity contribution is 4.93. The van der Waals surface area contributed by atoms with Gasteiger partial charge < -0.3 is 14.6 Å². The van der Waals surface area contributed by atoms with E-state index < -0.39 is 0 Å². The second-order valence-corrected chi connectivity index (χ2v) is 3.14. The van der Waals surface area contributed by atoms with E-state index in [1.165, 1.54) is 0 Å². The van der Waals surface area contributed by atoms with Crippen LogP contribution in [0.5, 0.6) is 0 Å². The summed E-state index contributed by atoms with van der Waals surface area (Å²) in [6.07, 6.45) is 3.30. The molecule has 2 heterocycles. The lowest BCUT2D eigenvalue weighted by Crippen LogP contribution is -2.43. The molecule has 4 nitrogen and oxygen atoms in total. The minimum Gasteiger partial charge on any atom is -0.447 e. The standard InChI is InChI=1S/C8H13N3O/c1-11-4-2-9-7(6-11)8-10-3-5-12-8/h3,5,7,9H,2,4,6H2,1H3. The van der Waals surface area contributed by atoms with Crippen LogP contribution in [0.2, 0.25) is 0 Å². The summed E-state index contributed by atoms with van der Waals surface area (Å²) in [6, 6.07) is 0.263. The largest absolute Gasteiger partial charge is 0.447 e. The first-order valence-corrected chi connectivity index (χ1v) is 4.17. The Hall–Kier alpha value is -0.870. The minimum absolute atomic E-state index is 0.263. The van der Waals surface area contributed by atoms with Crippen LogP contribution in [0.25, 0.3) is 0 Å². The lowest BCUT2D eigenvalue weighted by molar-refractivity contribution is 0.218. The molecule has 4 heteroatoms. The third-order valence-corrected chi connectivity index (χ3v) is 2.13. The van der Waals surface area contributed by atoms with Crippen LogP contribution in [-0.2, 0) is 0 Å². The fraction of sp³-hybridized carbons (Fsp3) is 0.625. The summed E-state index contributed by atoms with van der Waals surface area (Å²) in [5.74, 6) is 0.793. The van der Waals surface area contributed by atoms with Crippen LogP contribution in [0.3, 0.4) is 0 Å². The SMILES string of the molecule is CN1CCNC(c2ncco2)C1. The van der Waals surface area contributed by atoms with Crippen molar-refractivity contribution in [1.29, 1.82) is 0 Å². The molecule has 1 saturated heterocycles. The van der Waals surface area contributed by atoms with Gasteiger partial charge in [-0.25, -0.2) is 4.98 Å². The van der Waals surface area contributed by atoms with Crippen LogP contribution < -0.4 is 5.32 Å². The van der Waals surface area contributed by atoms with Crippen molar-refractivity contribution in [3.05, 3.63) is 18.4 Å². The second kappa shape index (κ2) is 3.25. The summed E-state index contributed by atoms with van der Waals surface area (Å²) >= 11 is 0. The van der Waals surface area contributed by atoms with Crippen LogP contribution >= 0.6 is 0 Å². The lowest BCUT2D eigenvalue weighted by atomic mass is 10.2. The van der Waals surface area contributed by atoms with Gasteiger partial charge in [0, 0.05) is 19.6 Å². The van der Waals surface area contributed by atoms with Gasteiger partial charge >= 0.3 is 0 Å². The summed E-state index contributed by atoms with van der Waals surface area (Å²) in [5, 5.41) is 3.35. The minimum atomic E-state index is 0.263. The van der Waals surface area contributed by atoms with E-state index in [0.717, 1.165) is 25.5 Å². The quantitative estimate of drug-likeness (QED) is 0.651. The molecule has 1 atom stereocenters. The maximum Gasteiger partial charge on any atom is 0.212 e. The van der Waals surface area contributed by atoms with E-state index >= 15 is 0 Å². The fourth-order valence-corrected chi connectivity index (χ4v) is 1.47. The van der Waals surface area contributed by atoms with Crippen LogP contribution in [0.15, 0.2) is 16.9 Å². The van der Waals surface area contributed by atoms with E-state index in [1.54, 1.807) is 12.5 Å². The molecule has 1 aliphatic rings. The molecule has 0 saturated carbocycles. The molecule has 1 fully saturated rings. The van der Waals surface area contributed by atoms with Crippen molar-refractivity contribution in [1.82, 2.24) is 15.2 Å². The van der Waals surface area contributed by atoms with Crippen molar-refractivity contribution in [2.24, 2.45) is 0 Å². The zero-order chi connectivity index (χ0) is 8.39. The molecule has 0 spiro atoms. The molecule has 0 aliphatic carbocycles. The van der Waals surface area contributed by atoms with Crippen molar-refractivity contribution >= 4 is 0 Å². The Kier molecular flexibility index (Phi) is 2.10. The van der Waals surface area contributed by atoms with Gasteiger partial charge in [-0.2, -0.15) is 0 Å². The topological polar surface area (TPSA) is 41.3 Å². The Labute approximate surface area is 71.6 Å². The Morgan fingerprint density at radius 3 is 3.33 bits per heavy atom. The Bertz CT molecular complexity index is 234. The smallest absolute Gasteiger partial charge is 0.212 e. The molecule has 1 aliphatic heterocycles. The van der Waals surface area contributed by atoms with E-state index in [1.807, 2.05) is 0 Å². The van der Waals surface area contributed by atoms with Crippen molar-refractivity contribution in [2.75, 3.05) is 26.7 Å². The average molecular weight is 167 g/mol. The highest BCUT2D eigenvalue weighted by Gasteiger charge is 2.20. The van der Waals surface area contributed by atoms with Gasteiger partial charge in [-0.1, -0.05) is 0 Å². The summed E-state index contributed by atoms with van der Waals surface area (Å²) in [6.45, 7) is 3.07. The number of rotatable bonds is 1. The van der Waals surface area contributed by atoms with Gasteiger partial charge in [0.15, 0.2) is 0 Å². The van der Waals surface area contributed by atoms with Crippen molar-refractivity contribution in [3.63, 3.8) is 0 Å². The number of oxazole rings is 1. The first-order chi connectivity index (χ1) is 5.86. The van der Waals surface area contributed by atoms with Gasteiger partial charge in [-0.3, -0.25) is 0 Å². The lowest BCUT2D eigenvalue weighted by Gasteiger charge is -2.28. The van der Waals surface area contributed by atoms with Crippen molar-refractivity contribution < 1.29 is 4.42 Å². The van der Waals surface area contributed by atoms with E-state index in [9.17, 15) is 0 Å². The number of hydrogen-bond acceptors (Lipinski definition) is 4. The van der Waals surface area contributed by atoms with Gasteiger partial charge in [0.2, 0.25) is 5.89 Å². The van der Waals surface area contributed by atoms with Gasteiger partial charge in [0.25, 0.3) is 0 Å². The average Bonchev–Trinajstić information content (AvgIpc) is 2.56. The molecular weight excluding hydrogens is 154 g/mol. The molecule has 2 rings (SSSR count). The summed E-state index contributed by atoms with van der Waals surface area (Å²) < 4.78 is 5.22. The van der Waals surface area contributed by atoms with E-state index in [2.05, 4.69) is 22.2 Å². The predicted octanol–water partition coefficient (Wildman–Crippen LogP) is 0.251. The molecule has 12 heavy (non-hydrogen) atoms. The highest BCUT2D eigenvalue weighted by atomic mass is 16.3. The number of piperazine rings is 1. The molecule has 1 aromatic rings. The third-order valence-electron chi connectivity index (χ3n) is 2.13. The summed E-state index contributed by atoms with van der Waals surface area (Å²) in [4.78, 5) is 6.39. The number of likely N-dealkylation sites (N-methyl/N-ethyl adjacent to an activating group) is 1. The van der Waals surface area contributed by atoms with E-state index in [0.29, 0.717) is 0 Å². The molecule has 0 amide bonds. The monoisotopic (exact) mass is 167 g/mol. The van der Waals surface area contributed by atoms with Crippen molar-refractivity contribution in [3.8, 4) is 0 Å². The van der Waals surface area contributed by atoms with Crippen molar-refractivity contribution in [2.45, 2.75) is 6.04 Å². The number of nitrogens with zero attached hydrogens (tertiary/aromatic N) is 2. The van der Waals surface area contributed by atoms with Gasteiger partial charge in [-0.15, -0.1) is 0 Å².